The van der Waals surface area contributed by atoms with Gasteiger partial charge in [0.2, 0.25) is 11.8 Å². The number of benzene rings is 2. The third-order valence-electron chi connectivity index (χ3n) is 3.84. The van der Waals surface area contributed by atoms with Crippen molar-refractivity contribution < 1.29 is 14.4 Å². The number of carbonyl (C=O) groups excluding carboxylic acids is 3. The summed E-state index contributed by atoms with van der Waals surface area (Å²) in [7, 11) is 0. The lowest BCUT2D eigenvalue weighted by Crippen LogP contribution is -2.41. The molecule has 0 radical (unpaired) electrons. The average molecular weight is 358 g/mol. The summed E-state index contributed by atoms with van der Waals surface area (Å²) in [5.41, 5.74) is 1.50. The quantitative estimate of drug-likeness (QED) is 0.786. The summed E-state index contributed by atoms with van der Waals surface area (Å²) in [6, 6.07) is 12.7. The molecule has 2 aromatic carbocycles. The van der Waals surface area contributed by atoms with Crippen LogP contribution in [0, 0.1) is 0 Å². The Morgan fingerprint density at radius 3 is 2.56 bits per heavy atom. The van der Waals surface area contributed by atoms with Crippen LogP contribution >= 0.6 is 11.6 Å². The molecule has 3 N–H and O–H groups in total. The van der Waals surface area contributed by atoms with Gasteiger partial charge in [-0.05, 0) is 42.8 Å². The highest BCUT2D eigenvalue weighted by Gasteiger charge is 2.27. The number of rotatable bonds is 4. The molecule has 0 spiro atoms. The van der Waals surface area contributed by atoms with Crippen LogP contribution < -0.4 is 16.0 Å². The highest BCUT2D eigenvalue weighted by molar-refractivity contribution is 6.30. The topological polar surface area (TPSA) is 87.3 Å². The van der Waals surface area contributed by atoms with Crippen molar-refractivity contribution in [3.63, 3.8) is 0 Å². The van der Waals surface area contributed by atoms with Crippen molar-refractivity contribution in [2.24, 2.45) is 0 Å². The van der Waals surface area contributed by atoms with Crippen molar-refractivity contribution in [2.45, 2.75) is 18.9 Å². The normalized spacial score (nSPS) is 16.3. The smallest absolute Gasteiger partial charge is 0.254 e. The van der Waals surface area contributed by atoms with Crippen LogP contribution in [0.1, 0.15) is 23.2 Å². The van der Waals surface area contributed by atoms with Gasteiger partial charge in [-0.3, -0.25) is 14.4 Å². The third-order valence-corrected chi connectivity index (χ3v) is 4.09. The van der Waals surface area contributed by atoms with Gasteiger partial charge in [0.25, 0.3) is 5.91 Å². The maximum absolute atomic E-state index is 12.3. The summed E-state index contributed by atoms with van der Waals surface area (Å²) in [6.45, 7) is 0. The van der Waals surface area contributed by atoms with Crippen molar-refractivity contribution in [1.29, 1.82) is 0 Å². The lowest BCUT2D eigenvalue weighted by atomic mass is 10.1. The maximum Gasteiger partial charge on any atom is 0.254 e. The number of hydrogen-bond donors (Lipinski definition) is 3. The molecule has 7 heteroatoms. The predicted octanol–water partition coefficient (Wildman–Crippen LogP) is 2.81. The molecule has 0 bridgehead atoms. The minimum atomic E-state index is -0.768. The first kappa shape index (κ1) is 17.0. The zero-order valence-corrected chi connectivity index (χ0v) is 14.0. The second kappa shape index (κ2) is 7.36. The van der Waals surface area contributed by atoms with E-state index in [4.69, 9.17) is 11.6 Å². The van der Waals surface area contributed by atoms with E-state index >= 15 is 0 Å². The average Bonchev–Trinajstić information content (AvgIpc) is 2.72. The van der Waals surface area contributed by atoms with E-state index in [2.05, 4.69) is 16.0 Å². The Balaban J connectivity index is 1.59. The number of fused-ring (bicyclic) bond motifs is 1. The van der Waals surface area contributed by atoms with E-state index in [1.165, 1.54) is 0 Å². The molecule has 0 unspecified atom stereocenters. The first-order chi connectivity index (χ1) is 12.0. The van der Waals surface area contributed by atoms with Crippen LogP contribution in [0.2, 0.25) is 5.02 Å². The highest BCUT2D eigenvalue weighted by atomic mass is 35.5. The Morgan fingerprint density at radius 1 is 1.08 bits per heavy atom. The highest BCUT2D eigenvalue weighted by Crippen LogP contribution is 2.19. The zero-order chi connectivity index (χ0) is 17.8. The predicted molar refractivity (Wildman–Crippen MR) is 95.6 cm³/mol. The van der Waals surface area contributed by atoms with Crippen molar-refractivity contribution in [3.05, 3.63) is 59.1 Å². The second-order valence-electron chi connectivity index (χ2n) is 5.65. The van der Waals surface area contributed by atoms with Gasteiger partial charge in [0, 0.05) is 17.1 Å². The molecular formula is C18H16ClN3O3. The molecule has 0 aromatic heterocycles. The molecule has 1 atom stereocenters. The van der Waals surface area contributed by atoms with Crippen LogP contribution in [-0.4, -0.2) is 23.8 Å². The van der Waals surface area contributed by atoms with E-state index in [1.807, 2.05) is 0 Å². The van der Waals surface area contributed by atoms with Gasteiger partial charge in [0.15, 0.2) is 0 Å². The molecule has 3 rings (SSSR count). The summed E-state index contributed by atoms with van der Waals surface area (Å²) in [4.78, 5) is 36.5. The Hall–Kier alpha value is -2.86. The van der Waals surface area contributed by atoms with E-state index in [0.717, 1.165) is 0 Å². The van der Waals surface area contributed by atoms with Crippen LogP contribution in [0.5, 0.6) is 0 Å². The van der Waals surface area contributed by atoms with Crippen LogP contribution in [-0.2, 0) is 9.59 Å². The number of hydrogen-bond acceptors (Lipinski definition) is 3. The number of nitrogens with one attached hydrogen (secondary N) is 3. The Labute approximate surface area is 149 Å². The van der Waals surface area contributed by atoms with E-state index < -0.39 is 6.04 Å². The molecule has 0 saturated heterocycles. The van der Waals surface area contributed by atoms with Crippen molar-refractivity contribution in [1.82, 2.24) is 5.32 Å². The van der Waals surface area contributed by atoms with Gasteiger partial charge in [-0.2, -0.15) is 0 Å². The van der Waals surface area contributed by atoms with E-state index in [0.29, 0.717) is 22.0 Å². The molecule has 2 aromatic rings. The molecule has 1 aliphatic heterocycles. The van der Waals surface area contributed by atoms with Gasteiger partial charge in [-0.25, -0.2) is 0 Å². The van der Waals surface area contributed by atoms with Gasteiger partial charge in [-0.1, -0.05) is 23.7 Å². The van der Waals surface area contributed by atoms with E-state index in [-0.39, 0.29) is 30.6 Å². The van der Waals surface area contributed by atoms with Gasteiger partial charge in [0.05, 0.1) is 11.3 Å². The lowest BCUT2D eigenvalue weighted by Gasteiger charge is -2.14. The fourth-order valence-corrected chi connectivity index (χ4v) is 2.67. The van der Waals surface area contributed by atoms with Gasteiger partial charge >= 0.3 is 0 Å². The molecule has 3 amide bonds. The molecule has 128 valence electrons. The fraction of sp³-hybridized carbons (Fsp3) is 0.167. The standard InChI is InChI=1S/C18H16ClN3O3/c19-11-5-7-12(8-6-11)20-16(23)10-9-15-18(25)21-14-4-2-1-3-13(14)17(24)22-15/h1-8,15H,9-10H2,(H,20,23)(H,21,25)(H,22,24)/t15-/m0/s1. The van der Waals surface area contributed by atoms with Crippen molar-refractivity contribution in [3.8, 4) is 0 Å². The van der Waals surface area contributed by atoms with Gasteiger partial charge in [0.1, 0.15) is 6.04 Å². The summed E-state index contributed by atoms with van der Waals surface area (Å²) in [5.74, 6) is -0.916. The van der Waals surface area contributed by atoms with Gasteiger partial charge in [-0.15, -0.1) is 0 Å². The molecule has 25 heavy (non-hydrogen) atoms. The van der Waals surface area contributed by atoms with Crippen LogP contribution in [0.15, 0.2) is 48.5 Å². The fourth-order valence-electron chi connectivity index (χ4n) is 2.55. The third kappa shape index (κ3) is 4.16. The molecular weight excluding hydrogens is 342 g/mol. The SMILES string of the molecule is O=C(CC[C@@H]1NC(=O)c2ccccc2NC1=O)Nc1ccc(Cl)cc1. The van der Waals surface area contributed by atoms with Crippen molar-refractivity contribution in [2.75, 3.05) is 10.6 Å². The Morgan fingerprint density at radius 2 is 1.80 bits per heavy atom. The monoisotopic (exact) mass is 357 g/mol. The molecule has 6 nitrogen and oxygen atoms in total. The molecule has 1 aliphatic rings. The van der Waals surface area contributed by atoms with Crippen LogP contribution in [0.4, 0.5) is 11.4 Å². The van der Waals surface area contributed by atoms with Crippen LogP contribution in [0.25, 0.3) is 0 Å². The summed E-state index contributed by atoms with van der Waals surface area (Å²) < 4.78 is 0. The van der Waals surface area contributed by atoms with Crippen LogP contribution in [0.3, 0.4) is 0 Å². The number of para-hydroxylation sites is 1. The molecule has 0 fully saturated rings. The summed E-state index contributed by atoms with van der Waals surface area (Å²) in [6.07, 6.45) is 0.294. The second-order valence-corrected chi connectivity index (χ2v) is 6.09. The Kier molecular flexibility index (Phi) is 5.00. The first-order valence-corrected chi connectivity index (χ1v) is 8.17. The zero-order valence-electron chi connectivity index (χ0n) is 13.2. The van der Waals surface area contributed by atoms with E-state index in [1.54, 1.807) is 48.5 Å². The minimum absolute atomic E-state index is 0.0946. The maximum atomic E-state index is 12.3. The first-order valence-electron chi connectivity index (χ1n) is 7.79. The number of amides is 3. The molecule has 0 saturated carbocycles. The molecule has 1 heterocycles. The number of anilines is 2. The Bertz CT molecular complexity index is 821. The lowest BCUT2D eigenvalue weighted by molar-refractivity contribution is -0.118. The summed E-state index contributed by atoms with van der Waals surface area (Å²) in [5, 5.41) is 8.68. The summed E-state index contributed by atoms with van der Waals surface area (Å²) >= 11 is 5.80. The van der Waals surface area contributed by atoms with E-state index in [9.17, 15) is 14.4 Å². The minimum Gasteiger partial charge on any atom is -0.340 e. The largest absolute Gasteiger partial charge is 0.340 e. The van der Waals surface area contributed by atoms with Crippen molar-refractivity contribution >= 4 is 40.7 Å². The van der Waals surface area contributed by atoms with Gasteiger partial charge < -0.3 is 16.0 Å². The molecule has 0 aliphatic carbocycles. The number of halogens is 1. The number of carbonyl (C=O) groups is 3.